The minimum Gasteiger partial charge on any atom is -0.452 e. The highest BCUT2D eigenvalue weighted by Crippen LogP contribution is 2.15. The van der Waals surface area contributed by atoms with Crippen LogP contribution in [0.5, 0.6) is 0 Å². The highest BCUT2D eigenvalue weighted by Gasteiger charge is 2.14. The first-order chi connectivity index (χ1) is 12.9. The zero-order valence-electron chi connectivity index (χ0n) is 15.8. The molecule has 0 aliphatic rings. The van der Waals surface area contributed by atoms with Crippen molar-refractivity contribution in [3.63, 3.8) is 0 Å². The van der Waals surface area contributed by atoms with Crippen molar-refractivity contribution in [2.45, 2.75) is 27.2 Å². The number of ether oxygens (including phenoxy) is 1. The van der Waals surface area contributed by atoms with Crippen molar-refractivity contribution in [2.75, 3.05) is 18.5 Å². The van der Waals surface area contributed by atoms with Gasteiger partial charge < -0.3 is 15.4 Å². The number of benzene rings is 2. The van der Waals surface area contributed by atoms with Gasteiger partial charge in [-0.05, 0) is 43.5 Å². The number of amides is 2. The molecule has 0 unspecified atom stereocenters. The largest absolute Gasteiger partial charge is 0.452 e. The van der Waals surface area contributed by atoms with Crippen LogP contribution in [0.25, 0.3) is 0 Å². The van der Waals surface area contributed by atoms with E-state index in [0.717, 1.165) is 28.8 Å². The number of aryl methyl sites for hydroxylation is 3. The number of carbonyl (C=O) groups is 3. The Hall–Kier alpha value is -3.15. The SMILES string of the molecule is CCc1ccccc1NC(=O)CNC(=O)COC(=O)c1cc(C)ccc1C. The van der Waals surface area contributed by atoms with Crippen LogP contribution in [0.3, 0.4) is 0 Å². The fourth-order valence-electron chi connectivity index (χ4n) is 2.54. The van der Waals surface area contributed by atoms with Crippen molar-refractivity contribution in [1.82, 2.24) is 5.32 Å². The van der Waals surface area contributed by atoms with E-state index in [9.17, 15) is 14.4 Å². The summed E-state index contributed by atoms with van der Waals surface area (Å²) >= 11 is 0. The van der Waals surface area contributed by atoms with Gasteiger partial charge in [-0.1, -0.05) is 42.8 Å². The van der Waals surface area contributed by atoms with Crippen LogP contribution in [0.2, 0.25) is 0 Å². The Labute approximate surface area is 158 Å². The van der Waals surface area contributed by atoms with Crippen LogP contribution in [0.4, 0.5) is 5.69 Å². The number of nitrogens with one attached hydrogen (secondary N) is 2. The summed E-state index contributed by atoms with van der Waals surface area (Å²) in [5, 5.41) is 5.20. The van der Waals surface area contributed by atoms with Crippen LogP contribution in [0.15, 0.2) is 42.5 Å². The lowest BCUT2D eigenvalue weighted by atomic mass is 10.1. The first-order valence-corrected chi connectivity index (χ1v) is 8.79. The molecule has 2 aromatic rings. The van der Waals surface area contributed by atoms with E-state index < -0.39 is 18.5 Å². The Balaban J connectivity index is 1.79. The van der Waals surface area contributed by atoms with Crippen LogP contribution < -0.4 is 10.6 Å². The van der Waals surface area contributed by atoms with Crippen LogP contribution in [-0.2, 0) is 20.7 Å². The van der Waals surface area contributed by atoms with E-state index in [-0.39, 0.29) is 12.5 Å². The second-order valence-electron chi connectivity index (χ2n) is 6.23. The third kappa shape index (κ3) is 5.95. The van der Waals surface area contributed by atoms with Gasteiger partial charge in [0.25, 0.3) is 5.91 Å². The lowest BCUT2D eigenvalue weighted by Gasteiger charge is -2.11. The van der Waals surface area contributed by atoms with E-state index in [1.165, 1.54) is 0 Å². The van der Waals surface area contributed by atoms with E-state index in [1.807, 2.05) is 50.2 Å². The molecule has 2 N–H and O–H groups in total. The second kappa shape index (κ2) is 9.52. The highest BCUT2D eigenvalue weighted by molar-refractivity contribution is 5.96. The van der Waals surface area contributed by atoms with Gasteiger partial charge in [0, 0.05) is 5.69 Å². The van der Waals surface area contributed by atoms with Crippen molar-refractivity contribution < 1.29 is 19.1 Å². The zero-order chi connectivity index (χ0) is 19.8. The summed E-state index contributed by atoms with van der Waals surface area (Å²) in [6, 6.07) is 12.9. The van der Waals surface area contributed by atoms with Crippen LogP contribution in [-0.4, -0.2) is 30.9 Å². The van der Waals surface area contributed by atoms with E-state index in [0.29, 0.717) is 5.56 Å². The summed E-state index contributed by atoms with van der Waals surface area (Å²) in [4.78, 5) is 35.9. The van der Waals surface area contributed by atoms with E-state index in [2.05, 4.69) is 10.6 Å². The molecule has 2 amide bonds. The number of esters is 1. The molecule has 0 radical (unpaired) electrons. The molecule has 6 nitrogen and oxygen atoms in total. The van der Waals surface area contributed by atoms with E-state index in [1.54, 1.807) is 13.0 Å². The minimum absolute atomic E-state index is 0.197. The lowest BCUT2D eigenvalue weighted by Crippen LogP contribution is -2.35. The summed E-state index contributed by atoms with van der Waals surface area (Å²) in [6.07, 6.45) is 0.789. The summed E-state index contributed by atoms with van der Waals surface area (Å²) < 4.78 is 5.03. The Morgan fingerprint density at radius 3 is 2.48 bits per heavy atom. The normalized spacial score (nSPS) is 10.2. The monoisotopic (exact) mass is 368 g/mol. The second-order valence-corrected chi connectivity index (χ2v) is 6.23. The lowest BCUT2D eigenvalue weighted by molar-refractivity contribution is -0.126. The van der Waals surface area contributed by atoms with Gasteiger partial charge in [-0.3, -0.25) is 9.59 Å². The maximum Gasteiger partial charge on any atom is 0.338 e. The van der Waals surface area contributed by atoms with Crippen LogP contribution in [0, 0.1) is 13.8 Å². The molecular weight excluding hydrogens is 344 g/mol. The van der Waals surface area contributed by atoms with Crippen molar-refractivity contribution in [1.29, 1.82) is 0 Å². The molecule has 0 saturated heterocycles. The third-order valence-electron chi connectivity index (χ3n) is 4.07. The fraction of sp³-hybridized carbons (Fsp3) is 0.286. The molecule has 2 rings (SSSR count). The quantitative estimate of drug-likeness (QED) is 0.736. The minimum atomic E-state index is -0.562. The molecule has 0 spiro atoms. The van der Waals surface area contributed by atoms with Gasteiger partial charge in [-0.15, -0.1) is 0 Å². The van der Waals surface area contributed by atoms with Gasteiger partial charge in [0.2, 0.25) is 5.91 Å². The summed E-state index contributed by atoms with van der Waals surface area (Å²) in [6.45, 7) is 5.03. The van der Waals surface area contributed by atoms with Gasteiger partial charge in [-0.25, -0.2) is 4.79 Å². The molecule has 0 atom stereocenters. The van der Waals surface area contributed by atoms with Gasteiger partial charge >= 0.3 is 5.97 Å². The number of rotatable bonds is 7. The van der Waals surface area contributed by atoms with Gasteiger partial charge in [0.15, 0.2) is 6.61 Å². The number of hydrogen-bond donors (Lipinski definition) is 2. The van der Waals surface area contributed by atoms with Crippen LogP contribution >= 0.6 is 0 Å². The summed E-state index contributed by atoms with van der Waals surface area (Å²) in [5.41, 5.74) is 3.87. The average molecular weight is 368 g/mol. The topological polar surface area (TPSA) is 84.5 Å². The Bertz CT molecular complexity index is 846. The molecule has 0 bridgehead atoms. The molecule has 2 aromatic carbocycles. The van der Waals surface area contributed by atoms with Crippen molar-refractivity contribution in [2.24, 2.45) is 0 Å². The van der Waals surface area contributed by atoms with Gasteiger partial charge in [0.05, 0.1) is 12.1 Å². The molecule has 0 fully saturated rings. The zero-order valence-corrected chi connectivity index (χ0v) is 15.8. The van der Waals surface area contributed by atoms with E-state index >= 15 is 0 Å². The molecule has 27 heavy (non-hydrogen) atoms. The van der Waals surface area contributed by atoms with E-state index in [4.69, 9.17) is 4.74 Å². The smallest absolute Gasteiger partial charge is 0.338 e. The summed E-state index contributed by atoms with van der Waals surface area (Å²) in [7, 11) is 0. The fourth-order valence-corrected chi connectivity index (χ4v) is 2.54. The van der Waals surface area contributed by atoms with Gasteiger partial charge in [-0.2, -0.15) is 0 Å². The Kier molecular flexibility index (Phi) is 7.11. The first-order valence-electron chi connectivity index (χ1n) is 8.79. The van der Waals surface area contributed by atoms with Crippen molar-refractivity contribution >= 4 is 23.5 Å². The van der Waals surface area contributed by atoms with Crippen LogP contribution in [0.1, 0.15) is 34.0 Å². The molecular formula is C21H24N2O4. The van der Waals surface area contributed by atoms with Crippen molar-refractivity contribution in [3.05, 3.63) is 64.7 Å². The molecule has 0 aromatic heterocycles. The Morgan fingerprint density at radius 2 is 1.74 bits per heavy atom. The first kappa shape index (κ1) is 20.2. The molecule has 142 valence electrons. The maximum absolute atomic E-state index is 12.1. The molecule has 0 aliphatic heterocycles. The standard InChI is InChI=1S/C21H24N2O4/c1-4-16-7-5-6-8-18(16)23-19(24)12-22-20(25)13-27-21(26)17-11-14(2)9-10-15(17)3/h5-11H,4,12-13H2,1-3H3,(H,22,25)(H,23,24). The van der Waals surface area contributed by atoms with Gasteiger partial charge in [0.1, 0.15) is 0 Å². The maximum atomic E-state index is 12.1. The molecule has 6 heteroatoms. The number of carbonyl (C=O) groups excluding carboxylic acids is 3. The average Bonchev–Trinajstić information content (AvgIpc) is 2.66. The number of hydrogen-bond acceptors (Lipinski definition) is 4. The number of anilines is 1. The highest BCUT2D eigenvalue weighted by atomic mass is 16.5. The third-order valence-corrected chi connectivity index (χ3v) is 4.07. The molecule has 0 saturated carbocycles. The van der Waals surface area contributed by atoms with Crippen molar-refractivity contribution in [3.8, 4) is 0 Å². The predicted octanol–water partition coefficient (Wildman–Crippen LogP) is 2.78. The molecule has 0 heterocycles. The Morgan fingerprint density at radius 1 is 1.00 bits per heavy atom. The summed E-state index contributed by atoms with van der Waals surface area (Å²) in [5.74, 6) is -1.44. The number of para-hydroxylation sites is 1. The predicted molar refractivity (Wildman–Crippen MR) is 104 cm³/mol. The molecule has 0 aliphatic carbocycles.